The predicted octanol–water partition coefficient (Wildman–Crippen LogP) is 2.51. The molecular formula is C6H11Cl2O5P. The summed E-state index contributed by atoms with van der Waals surface area (Å²) in [6, 6.07) is 0. The summed E-state index contributed by atoms with van der Waals surface area (Å²) in [6.45, 7) is 2.51. The summed E-state index contributed by atoms with van der Waals surface area (Å²) in [5.41, 5.74) is 0. The molecule has 1 unspecified atom stereocenters. The van der Waals surface area contributed by atoms with Gasteiger partial charge in [0.2, 0.25) is 0 Å². The molecule has 0 aliphatic heterocycles. The summed E-state index contributed by atoms with van der Waals surface area (Å²) < 4.78 is 25.2. The Kier molecular flexibility index (Phi) is 6.74. The van der Waals surface area contributed by atoms with E-state index >= 15 is 0 Å². The lowest BCUT2D eigenvalue weighted by Crippen LogP contribution is -2.07. The monoisotopic (exact) mass is 264 g/mol. The Bertz CT molecular complexity index is 232. The van der Waals surface area contributed by atoms with E-state index in [0.29, 0.717) is 0 Å². The maximum absolute atomic E-state index is 11.5. The lowest BCUT2D eigenvalue weighted by atomic mass is 10.9. The lowest BCUT2D eigenvalue weighted by molar-refractivity contribution is -0.133. The summed E-state index contributed by atoms with van der Waals surface area (Å²) in [5, 5.41) is 0. The first-order chi connectivity index (χ1) is 6.39. The van der Waals surface area contributed by atoms with Gasteiger partial charge in [-0.05, 0) is 6.92 Å². The average Bonchev–Trinajstić information content (AvgIpc) is 2.00. The third-order valence-electron chi connectivity index (χ3n) is 0.886. The van der Waals surface area contributed by atoms with E-state index in [1.165, 1.54) is 0 Å². The number of carbonyl (C=O) groups excluding carboxylic acids is 1. The van der Waals surface area contributed by atoms with E-state index in [2.05, 4.69) is 13.6 Å². The van der Waals surface area contributed by atoms with Crippen LogP contribution in [0.4, 0.5) is 0 Å². The maximum Gasteiger partial charge on any atom is 0.532 e. The smallest absolute Gasteiger partial charge is 0.371 e. The van der Waals surface area contributed by atoms with E-state index in [1.54, 1.807) is 6.92 Å². The van der Waals surface area contributed by atoms with Crippen molar-refractivity contribution >= 4 is 37.0 Å². The minimum atomic E-state index is -3.85. The number of halogens is 2. The van der Waals surface area contributed by atoms with Gasteiger partial charge in [-0.2, -0.15) is 0 Å². The largest absolute Gasteiger partial charge is 0.532 e. The molecule has 0 aromatic heterocycles. The average molecular weight is 265 g/mol. The fraction of sp³-hybridized carbons (Fsp3) is 0.833. The SMILES string of the molecule is CCOP(=O)(OCC(Cl)Cl)OC(C)=O. The second kappa shape index (κ2) is 6.64. The Labute approximate surface area is 92.2 Å². The van der Waals surface area contributed by atoms with Crippen molar-refractivity contribution in [3.63, 3.8) is 0 Å². The first-order valence-corrected chi connectivity index (χ1v) is 6.10. The highest BCUT2D eigenvalue weighted by Crippen LogP contribution is 2.49. The van der Waals surface area contributed by atoms with Gasteiger partial charge >= 0.3 is 13.8 Å². The topological polar surface area (TPSA) is 61.8 Å². The molecule has 0 N–H and O–H groups in total. The van der Waals surface area contributed by atoms with Crippen LogP contribution in [0.1, 0.15) is 13.8 Å². The molecular weight excluding hydrogens is 254 g/mol. The van der Waals surface area contributed by atoms with Crippen LogP contribution in [-0.2, 0) is 22.9 Å². The highest BCUT2D eigenvalue weighted by atomic mass is 35.5. The molecule has 0 aromatic carbocycles. The Morgan fingerprint density at radius 3 is 2.36 bits per heavy atom. The first kappa shape index (κ1) is 14.2. The van der Waals surface area contributed by atoms with Crippen LogP contribution >= 0.6 is 31.0 Å². The molecule has 84 valence electrons. The summed E-state index contributed by atoms with van der Waals surface area (Å²) >= 11 is 10.7. The van der Waals surface area contributed by atoms with Crippen LogP contribution in [-0.4, -0.2) is 24.0 Å². The zero-order valence-corrected chi connectivity index (χ0v) is 10.1. The van der Waals surface area contributed by atoms with Gasteiger partial charge in [-0.3, -0.25) is 13.8 Å². The number of hydrogen-bond acceptors (Lipinski definition) is 5. The molecule has 0 fully saturated rings. The molecule has 14 heavy (non-hydrogen) atoms. The molecule has 0 heterocycles. The summed E-state index contributed by atoms with van der Waals surface area (Å²) in [7, 11) is -3.85. The van der Waals surface area contributed by atoms with Crippen molar-refractivity contribution in [1.29, 1.82) is 0 Å². The molecule has 0 saturated heterocycles. The number of phosphoric ester groups is 1. The minimum absolute atomic E-state index is 0.0831. The Morgan fingerprint density at radius 1 is 1.43 bits per heavy atom. The van der Waals surface area contributed by atoms with Crippen molar-refractivity contribution in [1.82, 2.24) is 0 Å². The highest BCUT2D eigenvalue weighted by Gasteiger charge is 2.29. The molecule has 0 aliphatic carbocycles. The normalized spacial score (nSPS) is 15.2. The molecule has 1 atom stereocenters. The van der Waals surface area contributed by atoms with Gasteiger partial charge in [0.05, 0.1) is 13.2 Å². The minimum Gasteiger partial charge on any atom is -0.371 e. The lowest BCUT2D eigenvalue weighted by Gasteiger charge is -2.15. The number of hydrogen-bond donors (Lipinski definition) is 0. The van der Waals surface area contributed by atoms with Crippen LogP contribution in [0.5, 0.6) is 0 Å². The predicted molar refractivity (Wildman–Crippen MR) is 52.4 cm³/mol. The van der Waals surface area contributed by atoms with E-state index in [-0.39, 0.29) is 13.2 Å². The van der Waals surface area contributed by atoms with Gasteiger partial charge in [0, 0.05) is 6.92 Å². The quantitative estimate of drug-likeness (QED) is 0.545. The van der Waals surface area contributed by atoms with E-state index < -0.39 is 18.6 Å². The van der Waals surface area contributed by atoms with Gasteiger partial charge in [0.15, 0.2) is 0 Å². The Hall–Kier alpha value is 0.200. The van der Waals surface area contributed by atoms with Crippen LogP contribution in [0.2, 0.25) is 0 Å². The summed E-state index contributed by atoms with van der Waals surface area (Å²) in [4.78, 5) is 9.70. The van der Waals surface area contributed by atoms with E-state index in [1.807, 2.05) is 0 Å². The molecule has 0 rings (SSSR count). The van der Waals surface area contributed by atoms with Gasteiger partial charge in [-0.15, -0.1) is 23.2 Å². The van der Waals surface area contributed by atoms with Gasteiger partial charge < -0.3 is 4.52 Å². The summed E-state index contributed by atoms with van der Waals surface area (Å²) in [5.74, 6) is -0.762. The van der Waals surface area contributed by atoms with Crippen LogP contribution in [0.25, 0.3) is 0 Å². The second-order valence-corrected chi connectivity index (χ2v) is 5.01. The van der Waals surface area contributed by atoms with Crippen molar-refractivity contribution in [3.05, 3.63) is 0 Å². The number of carbonyl (C=O) groups is 1. The standard InChI is InChI=1S/C6H11Cl2O5P/c1-3-11-14(10,13-5(2)9)12-4-6(7)8/h6H,3-4H2,1-2H3. The van der Waals surface area contributed by atoms with Crippen molar-refractivity contribution in [3.8, 4) is 0 Å². The van der Waals surface area contributed by atoms with Crippen LogP contribution in [0.15, 0.2) is 0 Å². The maximum atomic E-state index is 11.5. The zero-order chi connectivity index (χ0) is 11.2. The molecule has 0 spiro atoms. The van der Waals surface area contributed by atoms with Crippen molar-refractivity contribution in [2.24, 2.45) is 0 Å². The number of phosphoric acid groups is 1. The molecule has 0 amide bonds. The molecule has 0 aromatic rings. The highest BCUT2D eigenvalue weighted by molar-refractivity contribution is 7.49. The number of alkyl halides is 2. The van der Waals surface area contributed by atoms with Gasteiger partial charge in [-0.1, -0.05) is 0 Å². The van der Waals surface area contributed by atoms with Crippen LogP contribution in [0, 0.1) is 0 Å². The fourth-order valence-electron chi connectivity index (χ4n) is 0.553. The van der Waals surface area contributed by atoms with Crippen molar-refractivity contribution < 1.29 is 22.9 Å². The molecule has 0 saturated carbocycles. The molecule has 5 nitrogen and oxygen atoms in total. The fourth-order valence-corrected chi connectivity index (χ4v) is 2.00. The number of rotatable bonds is 6. The van der Waals surface area contributed by atoms with Crippen molar-refractivity contribution in [2.75, 3.05) is 13.2 Å². The first-order valence-electron chi connectivity index (χ1n) is 3.77. The van der Waals surface area contributed by atoms with Crippen molar-refractivity contribution in [2.45, 2.75) is 18.7 Å². The van der Waals surface area contributed by atoms with Gasteiger partial charge in [-0.25, -0.2) is 4.57 Å². The molecule has 0 bridgehead atoms. The van der Waals surface area contributed by atoms with E-state index in [9.17, 15) is 9.36 Å². The Balaban J connectivity index is 4.24. The molecule has 0 aliphatic rings. The summed E-state index contributed by atoms with van der Waals surface area (Å²) in [6.07, 6.45) is 0. The second-order valence-electron chi connectivity index (χ2n) is 2.13. The van der Waals surface area contributed by atoms with Gasteiger partial charge in [0.25, 0.3) is 0 Å². The Morgan fingerprint density at radius 2 is 2.00 bits per heavy atom. The molecule has 8 heteroatoms. The van der Waals surface area contributed by atoms with Crippen LogP contribution in [0.3, 0.4) is 0 Å². The van der Waals surface area contributed by atoms with E-state index in [0.717, 1.165) is 6.92 Å². The van der Waals surface area contributed by atoms with Crippen LogP contribution < -0.4 is 0 Å². The third kappa shape index (κ3) is 6.62. The third-order valence-corrected chi connectivity index (χ3v) is 2.66. The molecule has 0 radical (unpaired) electrons. The van der Waals surface area contributed by atoms with E-state index in [4.69, 9.17) is 23.2 Å². The van der Waals surface area contributed by atoms with Gasteiger partial charge in [0.1, 0.15) is 4.84 Å². The zero-order valence-electron chi connectivity index (χ0n) is 7.74.